The first-order valence-electron chi connectivity index (χ1n) is 5.28. The molecule has 0 unspecified atom stereocenters. The fraction of sp³-hybridized carbons (Fsp3) is 0. The van der Waals surface area contributed by atoms with Crippen LogP contribution in [0, 0.1) is 0 Å². The highest BCUT2D eigenvalue weighted by molar-refractivity contribution is 6.35. The monoisotopic (exact) mass is 296 g/mol. The van der Waals surface area contributed by atoms with Gasteiger partial charge >= 0.3 is 0 Å². The number of aromatic nitrogens is 1. The van der Waals surface area contributed by atoms with Gasteiger partial charge in [-0.05, 0) is 30.3 Å². The third-order valence-electron chi connectivity index (χ3n) is 2.29. The van der Waals surface area contributed by atoms with Crippen LogP contribution in [0.5, 0.6) is 0 Å². The summed E-state index contributed by atoms with van der Waals surface area (Å²) in [6, 6.07) is 7.99. The van der Waals surface area contributed by atoms with E-state index in [0.29, 0.717) is 27.1 Å². The number of hydrogen-bond donors (Lipinski definition) is 3. The average molecular weight is 297 g/mol. The van der Waals surface area contributed by atoms with Gasteiger partial charge in [-0.1, -0.05) is 23.2 Å². The zero-order valence-corrected chi connectivity index (χ0v) is 11.2. The van der Waals surface area contributed by atoms with Gasteiger partial charge in [0.2, 0.25) is 0 Å². The predicted molar refractivity (Wildman–Crippen MR) is 76.5 cm³/mol. The Morgan fingerprint density at radius 1 is 1.16 bits per heavy atom. The molecule has 4 N–H and O–H groups in total. The van der Waals surface area contributed by atoms with Crippen LogP contribution in [0.15, 0.2) is 36.5 Å². The molecule has 2 rings (SSSR count). The van der Waals surface area contributed by atoms with Crippen LogP contribution >= 0.6 is 23.2 Å². The number of benzene rings is 1. The van der Waals surface area contributed by atoms with Gasteiger partial charge in [-0.15, -0.1) is 0 Å². The highest BCUT2D eigenvalue weighted by atomic mass is 35.5. The second-order valence-corrected chi connectivity index (χ2v) is 4.56. The Hall–Kier alpha value is -1.82. The lowest BCUT2D eigenvalue weighted by Gasteiger charge is -2.06. The van der Waals surface area contributed by atoms with Crippen LogP contribution < -0.4 is 16.6 Å². The molecule has 0 atom stereocenters. The van der Waals surface area contributed by atoms with Crippen LogP contribution in [0.3, 0.4) is 0 Å². The molecule has 0 saturated heterocycles. The van der Waals surface area contributed by atoms with Gasteiger partial charge in [-0.2, -0.15) is 0 Å². The molecule has 19 heavy (non-hydrogen) atoms. The fourth-order valence-electron chi connectivity index (χ4n) is 1.44. The summed E-state index contributed by atoms with van der Waals surface area (Å²) in [5, 5.41) is 3.57. The Bertz CT molecular complexity index is 581. The lowest BCUT2D eigenvalue weighted by molar-refractivity contribution is 0.102. The van der Waals surface area contributed by atoms with Gasteiger partial charge in [0, 0.05) is 21.9 Å². The number of amides is 1. The van der Waals surface area contributed by atoms with Crippen molar-refractivity contribution in [2.24, 2.45) is 5.84 Å². The summed E-state index contributed by atoms with van der Waals surface area (Å²) in [6.45, 7) is 0. The van der Waals surface area contributed by atoms with Crippen molar-refractivity contribution < 1.29 is 4.79 Å². The zero-order valence-electron chi connectivity index (χ0n) is 9.65. The topological polar surface area (TPSA) is 80.0 Å². The third kappa shape index (κ3) is 3.57. The molecule has 5 nitrogen and oxygen atoms in total. The van der Waals surface area contributed by atoms with Gasteiger partial charge in [0.1, 0.15) is 5.82 Å². The number of nitrogens with one attached hydrogen (secondary N) is 2. The van der Waals surface area contributed by atoms with Gasteiger partial charge in [0.25, 0.3) is 5.91 Å². The number of hydrogen-bond acceptors (Lipinski definition) is 4. The van der Waals surface area contributed by atoms with E-state index in [9.17, 15) is 4.79 Å². The van der Waals surface area contributed by atoms with Crippen molar-refractivity contribution in [3.8, 4) is 0 Å². The average Bonchev–Trinajstić information content (AvgIpc) is 2.37. The van der Waals surface area contributed by atoms with Crippen molar-refractivity contribution in [3.63, 3.8) is 0 Å². The highest BCUT2D eigenvalue weighted by Gasteiger charge is 2.07. The molecule has 0 aliphatic heterocycles. The van der Waals surface area contributed by atoms with Gasteiger partial charge < -0.3 is 10.7 Å². The zero-order chi connectivity index (χ0) is 13.8. The van der Waals surface area contributed by atoms with Crippen LogP contribution in [0.2, 0.25) is 10.0 Å². The summed E-state index contributed by atoms with van der Waals surface area (Å²) in [6.07, 6.45) is 1.41. The van der Waals surface area contributed by atoms with Crippen molar-refractivity contribution >= 4 is 40.6 Å². The molecule has 0 bridgehead atoms. The Kier molecular flexibility index (Phi) is 4.21. The molecule has 0 fully saturated rings. The van der Waals surface area contributed by atoms with Gasteiger partial charge in [-0.25, -0.2) is 10.8 Å². The summed E-state index contributed by atoms with van der Waals surface area (Å²) in [7, 11) is 0. The fourth-order valence-corrected chi connectivity index (χ4v) is 1.97. The van der Waals surface area contributed by atoms with Crippen molar-refractivity contribution in [3.05, 3.63) is 52.1 Å². The maximum absolute atomic E-state index is 11.9. The number of carbonyl (C=O) groups excluding carboxylic acids is 1. The Morgan fingerprint density at radius 2 is 1.84 bits per heavy atom. The minimum atomic E-state index is -0.311. The van der Waals surface area contributed by atoms with E-state index in [4.69, 9.17) is 29.0 Å². The van der Waals surface area contributed by atoms with E-state index in [1.54, 1.807) is 30.3 Å². The number of pyridine rings is 1. The van der Waals surface area contributed by atoms with E-state index >= 15 is 0 Å². The lowest BCUT2D eigenvalue weighted by atomic mass is 10.2. The number of anilines is 2. The summed E-state index contributed by atoms with van der Waals surface area (Å²) < 4.78 is 0. The number of hydrazine groups is 1. The summed E-state index contributed by atoms with van der Waals surface area (Å²) in [5.41, 5.74) is 3.30. The molecule has 2 aromatic rings. The second-order valence-electron chi connectivity index (χ2n) is 3.69. The standard InChI is InChI=1S/C12H10Cl2N4O/c13-8-3-9(14)5-10(4-8)17-12(19)7-1-2-11(18-15)16-6-7/h1-6H,15H2,(H,16,18)(H,17,19). The molecule has 0 saturated carbocycles. The number of carbonyl (C=O) groups is 1. The third-order valence-corrected chi connectivity index (χ3v) is 2.73. The normalized spacial score (nSPS) is 10.1. The highest BCUT2D eigenvalue weighted by Crippen LogP contribution is 2.22. The predicted octanol–water partition coefficient (Wildman–Crippen LogP) is 2.93. The quantitative estimate of drug-likeness (QED) is 0.601. The van der Waals surface area contributed by atoms with Crippen LogP contribution in [-0.4, -0.2) is 10.9 Å². The van der Waals surface area contributed by atoms with Gasteiger partial charge in [0.15, 0.2) is 0 Å². The summed E-state index contributed by atoms with van der Waals surface area (Å²) in [5.74, 6) is 5.35. The number of halogens is 2. The minimum Gasteiger partial charge on any atom is -0.322 e. The number of nitrogens with zero attached hydrogens (tertiary/aromatic N) is 1. The SMILES string of the molecule is NNc1ccc(C(=O)Nc2cc(Cl)cc(Cl)c2)cn1. The van der Waals surface area contributed by atoms with Crippen molar-refractivity contribution in [2.45, 2.75) is 0 Å². The van der Waals surface area contributed by atoms with E-state index in [2.05, 4.69) is 15.7 Å². The second kappa shape index (κ2) is 5.88. The van der Waals surface area contributed by atoms with Crippen LogP contribution in [0.1, 0.15) is 10.4 Å². The molecule has 1 aromatic carbocycles. The smallest absolute Gasteiger partial charge is 0.257 e. The summed E-state index contributed by atoms with van der Waals surface area (Å²) in [4.78, 5) is 15.9. The van der Waals surface area contributed by atoms with E-state index in [1.807, 2.05) is 0 Å². The molecule has 0 aliphatic carbocycles. The van der Waals surface area contributed by atoms with Crippen LogP contribution in [-0.2, 0) is 0 Å². The minimum absolute atomic E-state index is 0.311. The summed E-state index contributed by atoms with van der Waals surface area (Å²) >= 11 is 11.7. The molecular formula is C12H10Cl2N4O. The van der Waals surface area contributed by atoms with Crippen molar-refractivity contribution in [1.82, 2.24) is 4.98 Å². The van der Waals surface area contributed by atoms with Crippen molar-refractivity contribution in [1.29, 1.82) is 0 Å². The first-order chi connectivity index (χ1) is 9.08. The number of nitrogens with two attached hydrogens (primary N) is 1. The molecule has 0 radical (unpaired) electrons. The number of nitrogen functional groups attached to an aromatic ring is 1. The van der Waals surface area contributed by atoms with Crippen molar-refractivity contribution in [2.75, 3.05) is 10.7 Å². The Morgan fingerprint density at radius 3 is 2.37 bits per heavy atom. The largest absolute Gasteiger partial charge is 0.322 e. The van der Waals surface area contributed by atoms with Gasteiger partial charge in [0.05, 0.1) is 5.56 Å². The number of rotatable bonds is 3. The van der Waals surface area contributed by atoms with E-state index in [1.165, 1.54) is 6.20 Å². The molecule has 7 heteroatoms. The Labute approximate surface area is 119 Å². The van der Waals surface area contributed by atoms with Crippen LogP contribution in [0.25, 0.3) is 0 Å². The maximum Gasteiger partial charge on any atom is 0.257 e. The first-order valence-corrected chi connectivity index (χ1v) is 6.04. The molecule has 98 valence electrons. The maximum atomic E-state index is 11.9. The molecule has 0 spiro atoms. The molecule has 1 heterocycles. The van der Waals surface area contributed by atoms with E-state index in [-0.39, 0.29) is 5.91 Å². The Balaban J connectivity index is 2.15. The van der Waals surface area contributed by atoms with E-state index in [0.717, 1.165) is 0 Å². The lowest BCUT2D eigenvalue weighted by Crippen LogP contribution is -2.13. The molecule has 1 amide bonds. The first kappa shape index (κ1) is 13.6. The molecule has 1 aromatic heterocycles. The van der Waals surface area contributed by atoms with E-state index < -0.39 is 0 Å². The molecule has 0 aliphatic rings. The van der Waals surface area contributed by atoms with Gasteiger partial charge in [-0.3, -0.25) is 4.79 Å². The van der Waals surface area contributed by atoms with Crippen LogP contribution in [0.4, 0.5) is 11.5 Å². The molecular weight excluding hydrogens is 287 g/mol.